The first-order valence-corrected chi connectivity index (χ1v) is 5.65. The van der Waals surface area contributed by atoms with Crippen molar-refractivity contribution in [2.75, 3.05) is 14.2 Å². The Balaban J connectivity index is 3.19. The molecule has 0 saturated carbocycles. The summed E-state index contributed by atoms with van der Waals surface area (Å²) in [5, 5.41) is 0. The zero-order valence-electron chi connectivity index (χ0n) is 9.17. The Bertz CT molecular complexity index is 426. The predicted octanol–water partition coefficient (Wildman–Crippen LogP) is 2.35. The van der Waals surface area contributed by atoms with Gasteiger partial charge in [-0.15, -0.1) is 0 Å². The molecule has 0 bridgehead atoms. The normalized spacial score (nSPS) is 10.5. The van der Waals surface area contributed by atoms with Gasteiger partial charge in [-0.2, -0.15) is 0 Å². The van der Waals surface area contributed by atoms with Gasteiger partial charge in [-0.1, -0.05) is 0 Å². The third-order valence-corrected chi connectivity index (χ3v) is 2.75. The first kappa shape index (κ1) is 14.1. The first-order valence-electron chi connectivity index (χ1n) is 4.57. The van der Waals surface area contributed by atoms with Crippen molar-refractivity contribution in [2.45, 2.75) is 12.8 Å². The quantitative estimate of drug-likeness (QED) is 0.472. The minimum Gasteiger partial charge on any atom is -0.494 e. The molecule has 17 heavy (non-hydrogen) atoms. The molecular formula is C10H10F2INO3. The smallest absolute Gasteiger partial charge is 0.310 e. The molecule has 4 nitrogen and oxygen atoms in total. The number of hydrogen-bond donors (Lipinski definition) is 0. The topological polar surface area (TPSA) is 48.4 Å². The summed E-state index contributed by atoms with van der Waals surface area (Å²) in [6.07, 6.45) is -2.82. The molecule has 0 amide bonds. The molecule has 0 spiro atoms. The molecule has 0 aliphatic rings. The van der Waals surface area contributed by atoms with E-state index in [0.29, 0.717) is 15.0 Å². The van der Waals surface area contributed by atoms with E-state index in [9.17, 15) is 13.6 Å². The van der Waals surface area contributed by atoms with Gasteiger partial charge in [0.1, 0.15) is 9.39 Å². The Morgan fingerprint density at radius 3 is 2.65 bits per heavy atom. The van der Waals surface area contributed by atoms with E-state index in [1.807, 2.05) is 0 Å². The molecule has 0 aliphatic carbocycles. The Hall–Kier alpha value is -0.990. The first-order chi connectivity index (χ1) is 7.99. The fourth-order valence-electron chi connectivity index (χ4n) is 1.26. The van der Waals surface area contributed by atoms with E-state index < -0.39 is 12.4 Å². The number of ether oxygens (including phenoxy) is 2. The van der Waals surface area contributed by atoms with Crippen molar-refractivity contribution in [3.05, 3.63) is 21.0 Å². The van der Waals surface area contributed by atoms with E-state index in [1.165, 1.54) is 14.2 Å². The summed E-state index contributed by atoms with van der Waals surface area (Å²) in [7, 11) is 2.62. The summed E-state index contributed by atoms with van der Waals surface area (Å²) in [4.78, 5) is 14.9. The van der Waals surface area contributed by atoms with E-state index in [4.69, 9.17) is 4.74 Å². The van der Waals surface area contributed by atoms with E-state index in [-0.39, 0.29) is 12.1 Å². The molecule has 0 fully saturated rings. The van der Waals surface area contributed by atoms with E-state index in [0.717, 1.165) is 6.07 Å². The molecule has 1 aromatic heterocycles. The average Bonchev–Trinajstić information content (AvgIpc) is 2.28. The number of carbonyl (C=O) groups is 1. The molecule has 0 aromatic carbocycles. The standard InChI is InChI=1S/C10H10F2INO3/c1-16-7(15)4-5-3-6(9(11)12)14-10(13)8(5)17-2/h3,9H,4H2,1-2H3. The number of nitrogens with zero attached hydrogens (tertiary/aromatic N) is 1. The van der Waals surface area contributed by atoms with Gasteiger partial charge in [-0.25, -0.2) is 13.8 Å². The summed E-state index contributed by atoms with van der Waals surface area (Å²) in [5.41, 5.74) is -0.0387. The van der Waals surface area contributed by atoms with Gasteiger partial charge >= 0.3 is 5.97 Å². The van der Waals surface area contributed by atoms with Crippen LogP contribution in [0.1, 0.15) is 17.7 Å². The highest BCUT2D eigenvalue weighted by Gasteiger charge is 2.18. The van der Waals surface area contributed by atoms with Gasteiger partial charge < -0.3 is 9.47 Å². The Morgan fingerprint density at radius 2 is 2.18 bits per heavy atom. The van der Waals surface area contributed by atoms with Crippen molar-refractivity contribution in [2.24, 2.45) is 0 Å². The van der Waals surface area contributed by atoms with Crippen molar-refractivity contribution >= 4 is 28.6 Å². The van der Waals surface area contributed by atoms with Gasteiger partial charge in [0.05, 0.1) is 20.6 Å². The van der Waals surface area contributed by atoms with Crippen LogP contribution in [0.2, 0.25) is 0 Å². The second-order valence-electron chi connectivity index (χ2n) is 3.08. The van der Waals surface area contributed by atoms with Gasteiger partial charge in [-0.05, 0) is 28.7 Å². The van der Waals surface area contributed by atoms with Crippen molar-refractivity contribution in [3.8, 4) is 5.75 Å². The molecule has 0 saturated heterocycles. The summed E-state index contributed by atoms with van der Waals surface area (Å²) < 4.78 is 34.9. The summed E-state index contributed by atoms with van der Waals surface area (Å²) >= 11 is 1.78. The van der Waals surface area contributed by atoms with Gasteiger partial charge in [-0.3, -0.25) is 4.79 Å². The molecule has 1 heterocycles. The number of hydrogen-bond acceptors (Lipinski definition) is 4. The molecule has 1 aromatic rings. The molecule has 0 unspecified atom stereocenters. The monoisotopic (exact) mass is 357 g/mol. The summed E-state index contributed by atoms with van der Waals surface area (Å²) in [6, 6.07) is 1.16. The lowest BCUT2D eigenvalue weighted by Gasteiger charge is -2.11. The fraction of sp³-hybridized carbons (Fsp3) is 0.400. The van der Waals surface area contributed by atoms with Crippen LogP contribution in [0.25, 0.3) is 0 Å². The Kier molecular flexibility index (Phi) is 5.03. The number of aromatic nitrogens is 1. The summed E-state index contributed by atoms with van der Waals surface area (Å²) in [5.74, 6) is -0.203. The van der Waals surface area contributed by atoms with Gasteiger partial charge in [0.15, 0.2) is 5.75 Å². The molecule has 7 heteroatoms. The largest absolute Gasteiger partial charge is 0.494 e. The zero-order chi connectivity index (χ0) is 13.0. The number of esters is 1. The van der Waals surface area contributed by atoms with Crippen LogP contribution in [-0.2, 0) is 16.0 Å². The lowest BCUT2D eigenvalue weighted by Crippen LogP contribution is -2.09. The molecule has 1 rings (SSSR count). The lowest BCUT2D eigenvalue weighted by molar-refractivity contribution is -0.139. The maximum absolute atomic E-state index is 12.6. The van der Waals surface area contributed by atoms with Crippen LogP contribution < -0.4 is 4.74 Å². The molecule has 0 N–H and O–H groups in total. The van der Waals surface area contributed by atoms with E-state index in [1.54, 1.807) is 22.6 Å². The highest BCUT2D eigenvalue weighted by atomic mass is 127. The maximum atomic E-state index is 12.6. The van der Waals surface area contributed by atoms with Gasteiger partial charge in [0, 0.05) is 5.56 Å². The zero-order valence-corrected chi connectivity index (χ0v) is 11.3. The van der Waals surface area contributed by atoms with Crippen molar-refractivity contribution in [1.82, 2.24) is 4.98 Å². The average molecular weight is 357 g/mol. The van der Waals surface area contributed by atoms with Crippen molar-refractivity contribution in [3.63, 3.8) is 0 Å². The number of halogens is 3. The molecule has 0 radical (unpaired) electrons. The van der Waals surface area contributed by atoms with Gasteiger partial charge in [0.25, 0.3) is 6.43 Å². The van der Waals surface area contributed by atoms with Crippen LogP contribution >= 0.6 is 22.6 Å². The second kappa shape index (κ2) is 6.08. The predicted molar refractivity (Wildman–Crippen MR) is 64.2 cm³/mol. The van der Waals surface area contributed by atoms with Crippen molar-refractivity contribution < 1.29 is 23.0 Å². The van der Waals surface area contributed by atoms with Crippen LogP contribution in [0.4, 0.5) is 8.78 Å². The minimum atomic E-state index is -2.69. The highest BCUT2D eigenvalue weighted by Crippen LogP contribution is 2.29. The number of carbonyl (C=O) groups excluding carboxylic acids is 1. The van der Waals surface area contributed by atoms with Crippen LogP contribution in [0, 0.1) is 3.70 Å². The number of alkyl halides is 2. The van der Waals surface area contributed by atoms with Gasteiger partial charge in [0.2, 0.25) is 0 Å². The number of pyridine rings is 1. The Labute approximate surface area is 110 Å². The van der Waals surface area contributed by atoms with E-state index in [2.05, 4.69) is 9.72 Å². The molecule has 94 valence electrons. The number of methoxy groups -OCH3 is 2. The minimum absolute atomic E-state index is 0.127. The van der Waals surface area contributed by atoms with Crippen LogP contribution in [-0.4, -0.2) is 25.2 Å². The SMILES string of the molecule is COC(=O)Cc1cc(C(F)F)nc(I)c1OC. The van der Waals surface area contributed by atoms with Crippen LogP contribution in [0.15, 0.2) is 6.07 Å². The third kappa shape index (κ3) is 3.48. The lowest BCUT2D eigenvalue weighted by atomic mass is 10.1. The highest BCUT2D eigenvalue weighted by molar-refractivity contribution is 14.1. The van der Waals surface area contributed by atoms with Crippen LogP contribution in [0.5, 0.6) is 5.75 Å². The fourth-order valence-corrected chi connectivity index (χ4v) is 2.10. The summed E-state index contributed by atoms with van der Waals surface area (Å²) in [6.45, 7) is 0. The molecule has 0 aliphatic heterocycles. The maximum Gasteiger partial charge on any atom is 0.310 e. The second-order valence-corrected chi connectivity index (χ2v) is 4.11. The Morgan fingerprint density at radius 1 is 1.53 bits per heavy atom. The van der Waals surface area contributed by atoms with E-state index >= 15 is 0 Å². The number of rotatable bonds is 4. The molecular weight excluding hydrogens is 347 g/mol. The van der Waals surface area contributed by atoms with Crippen LogP contribution in [0.3, 0.4) is 0 Å². The molecule has 0 atom stereocenters. The third-order valence-electron chi connectivity index (χ3n) is 2.02. The van der Waals surface area contributed by atoms with Crippen molar-refractivity contribution in [1.29, 1.82) is 0 Å².